The number of benzene rings is 1. The van der Waals surface area contributed by atoms with Crippen LogP contribution in [0.4, 0.5) is 0 Å². The highest BCUT2D eigenvalue weighted by Gasteiger charge is 2.35. The lowest BCUT2D eigenvalue weighted by Gasteiger charge is -2.17. The van der Waals surface area contributed by atoms with Crippen LogP contribution < -0.4 is 14.2 Å². The number of fused-ring (bicyclic) bond motifs is 1. The average Bonchev–Trinajstić information content (AvgIpc) is 3.31. The van der Waals surface area contributed by atoms with Crippen LogP contribution in [0.25, 0.3) is 0 Å². The topological polar surface area (TPSA) is 90.9 Å². The lowest BCUT2D eigenvalue weighted by atomic mass is 10.2. The maximum Gasteiger partial charge on any atom is 0.278 e. The molecular weight excluding hydrogens is 358 g/mol. The van der Waals surface area contributed by atoms with E-state index in [-0.39, 0.29) is 24.4 Å². The van der Waals surface area contributed by atoms with Gasteiger partial charge in [0.25, 0.3) is 11.8 Å². The number of ether oxygens (including phenoxy) is 3. The molecule has 9 heteroatoms. The summed E-state index contributed by atoms with van der Waals surface area (Å²) in [6.07, 6.45) is 4.03. The highest BCUT2D eigenvalue weighted by atomic mass is 32.2. The summed E-state index contributed by atoms with van der Waals surface area (Å²) < 4.78 is 43.7. The Bertz CT molecular complexity index is 918. The number of rotatable bonds is 5. The van der Waals surface area contributed by atoms with Crippen LogP contribution >= 0.6 is 0 Å². The minimum Gasteiger partial charge on any atom is -0.493 e. The fourth-order valence-corrected chi connectivity index (χ4v) is 4.71. The minimum atomic E-state index is -3.57. The molecule has 1 saturated heterocycles. The minimum absolute atomic E-state index is 0.260. The molecule has 2 aromatic rings. The Morgan fingerprint density at radius 1 is 1.23 bits per heavy atom. The van der Waals surface area contributed by atoms with Crippen molar-refractivity contribution in [1.82, 2.24) is 14.3 Å². The summed E-state index contributed by atoms with van der Waals surface area (Å²) in [7, 11) is -2.08. The van der Waals surface area contributed by atoms with Gasteiger partial charge in [0.1, 0.15) is 11.9 Å². The summed E-state index contributed by atoms with van der Waals surface area (Å²) in [5.41, 5.74) is 0.933. The molecule has 0 spiro atoms. The SMILES string of the molecule is COc1nccnc1O[C@H]1CCN(S(=O)(=O)c2ccc3c(c2)CCO3)C1. The van der Waals surface area contributed by atoms with Gasteiger partial charge in [-0.2, -0.15) is 4.31 Å². The molecule has 2 aliphatic rings. The van der Waals surface area contributed by atoms with E-state index in [9.17, 15) is 8.42 Å². The highest BCUT2D eigenvalue weighted by molar-refractivity contribution is 7.89. The molecule has 4 rings (SSSR count). The summed E-state index contributed by atoms with van der Waals surface area (Å²) in [5, 5.41) is 0. The fraction of sp³-hybridized carbons (Fsp3) is 0.412. The van der Waals surface area contributed by atoms with Crippen molar-refractivity contribution in [2.24, 2.45) is 0 Å². The van der Waals surface area contributed by atoms with E-state index in [0.29, 0.717) is 24.5 Å². The van der Waals surface area contributed by atoms with Crippen LogP contribution in [0.5, 0.6) is 17.5 Å². The standard InChI is InChI=1S/C17H19N3O5S/c1-23-16-17(19-7-6-18-16)25-13-4-8-20(11-13)26(21,22)14-2-3-15-12(10-14)5-9-24-15/h2-3,6-7,10,13H,4-5,8-9,11H2,1H3/t13-/m0/s1. The average molecular weight is 377 g/mol. The predicted octanol–water partition coefficient (Wildman–Crippen LogP) is 1.26. The lowest BCUT2D eigenvalue weighted by Crippen LogP contribution is -2.31. The third kappa shape index (κ3) is 3.08. The monoisotopic (exact) mass is 377 g/mol. The van der Waals surface area contributed by atoms with Gasteiger partial charge in [-0.05, 0) is 30.2 Å². The zero-order chi connectivity index (χ0) is 18.1. The van der Waals surface area contributed by atoms with Crippen LogP contribution in [0.3, 0.4) is 0 Å². The first-order valence-electron chi connectivity index (χ1n) is 8.35. The van der Waals surface area contributed by atoms with E-state index in [2.05, 4.69) is 9.97 Å². The van der Waals surface area contributed by atoms with Crippen molar-refractivity contribution in [2.75, 3.05) is 26.8 Å². The molecular formula is C17H19N3O5S. The molecule has 1 atom stereocenters. The number of hydrogen-bond acceptors (Lipinski definition) is 7. The van der Waals surface area contributed by atoms with Crippen molar-refractivity contribution < 1.29 is 22.6 Å². The zero-order valence-corrected chi connectivity index (χ0v) is 15.1. The van der Waals surface area contributed by atoms with E-state index in [1.807, 2.05) is 0 Å². The second kappa shape index (κ2) is 6.73. The Labute approximate surface area is 151 Å². The van der Waals surface area contributed by atoms with Crippen LogP contribution in [-0.4, -0.2) is 55.6 Å². The van der Waals surface area contributed by atoms with Crippen molar-refractivity contribution >= 4 is 10.0 Å². The number of hydrogen-bond donors (Lipinski definition) is 0. The van der Waals surface area contributed by atoms with Crippen LogP contribution in [-0.2, 0) is 16.4 Å². The molecule has 8 nitrogen and oxygen atoms in total. The van der Waals surface area contributed by atoms with Crippen molar-refractivity contribution in [3.63, 3.8) is 0 Å². The molecule has 2 aliphatic heterocycles. The predicted molar refractivity (Wildman–Crippen MR) is 92.0 cm³/mol. The van der Waals surface area contributed by atoms with Gasteiger partial charge in [0.15, 0.2) is 0 Å². The molecule has 0 saturated carbocycles. The van der Waals surface area contributed by atoms with E-state index in [1.165, 1.54) is 23.8 Å². The van der Waals surface area contributed by atoms with Crippen LogP contribution in [0, 0.1) is 0 Å². The quantitative estimate of drug-likeness (QED) is 0.775. The maximum atomic E-state index is 12.9. The number of methoxy groups -OCH3 is 1. The molecule has 1 aromatic carbocycles. The van der Waals surface area contributed by atoms with Crippen LogP contribution in [0.1, 0.15) is 12.0 Å². The highest BCUT2D eigenvalue weighted by Crippen LogP contribution is 2.31. The number of sulfonamides is 1. The maximum absolute atomic E-state index is 12.9. The Hall–Kier alpha value is -2.39. The van der Waals surface area contributed by atoms with Crippen molar-refractivity contribution in [2.45, 2.75) is 23.8 Å². The first-order valence-corrected chi connectivity index (χ1v) is 9.79. The largest absolute Gasteiger partial charge is 0.493 e. The summed E-state index contributed by atoms with van der Waals surface area (Å²) in [4.78, 5) is 8.43. The van der Waals surface area contributed by atoms with Gasteiger partial charge < -0.3 is 14.2 Å². The summed E-state index contributed by atoms with van der Waals surface area (Å²) in [5.74, 6) is 1.32. The molecule has 0 aliphatic carbocycles. The van der Waals surface area contributed by atoms with E-state index in [4.69, 9.17) is 14.2 Å². The lowest BCUT2D eigenvalue weighted by molar-refractivity contribution is 0.194. The Morgan fingerprint density at radius 2 is 2.04 bits per heavy atom. The van der Waals surface area contributed by atoms with Crippen molar-refractivity contribution in [1.29, 1.82) is 0 Å². The number of aromatic nitrogens is 2. The zero-order valence-electron chi connectivity index (χ0n) is 14.3. The molecule has 1 aromatic heterocycles. The second-order valence-electron chi connectivity index (χ2n) is 6.13. The Balaban J connectivity index is 1.49. The summed E-state index contributed by atoms with van der Waals surface area (Å²) >= 11 is 0. The molecule has 1 fully saturated rings. The molecule has 138 valence electrons. The number of nitrogens with zero attached hydrogens (tertiary/aromatic N) is 3. The van der Waals surface area contributed by atoms with Gasteiger partial charge in [-0.25, -0.2) is 18.4 Å². The fourth-order valence-electron chi connectivity index (χ4n) is 3.18. The molecule has 0 radical (unpaired) electrons. The van der Waals surface area contributed by atoms with Crippen molar-refractivity contribution in [3.8, 4) is 17.5 Å². The van der Waals surface area contributed by atoms with Gasteiger partial charge in [-0.1, -0.05) is 0 Å². The first kappa shape index (κ1) is 17.0. The van der Waals surface area contributed by atoms with Gasteiger partial charge in [0.2, 0.25) is 10.0 Å². The van der Waals surface area contributed by atoms with E-state index in [1.54, 1.807) is 18.2 Å². The second-order valence-corrected chi connectivity index (χ2v) is 8.07. The van der Waals surface area contributed by atoms with Crippen LogP contribution in [0.15, 0.2) is 35.5 Å². The van der Waals surface area contributed by atoms with Gasteiger partial charge >= 0.3 is 0 Å². The van der Waals surface area contributed by atoms with Gasteiger partial charge in [-0.15, -0.1) is 0 Å². The van der Waals surface area contributed by atoms with Crippen molar-refractivity contribution in [3.05, 3.63) is 36.2 Å². The first-order chi connectivity index (χ1) is 12.6. The summed E-state index contributed by atoms with van der Waals surface area (Å²) in [6.45, 7) is 1.25. The Morgan fingerprint density at radius 3 is 2.85 bits per heavy atom. The summed E-state index contributed by atoms with van der Waals surface area (Å²) in [6, 6.07) is 5.03. The third-order valence-corrected chi connectivity index (χ3v) is 6.37. The Kier molecular flexibility index (Phi) is 4.41. The van der Waals surface area contributed by atoms with Crippen LogP contribution in [0.2, 0.25) is 0 Å². The third-order valence-electron chi connectivity index (χ3n) is 4.51. The molecule has 0 unspecified atom stereocenters. The van der Waals surface area contributed by atoms with E-state index >= 15 is 0 Å². The molecule has 0 amide bonds. The van der Waals surface area contributed by atoms with E-state index in [0.717, 1.165) is 17.7 Å². The smallest absolute Gasteiger partial charge is 0.278 e. The normalized spacial score (nSPS) is 19.8. The molecule has 26 heavy (non-hydrogen) atoms. The van der Waals surface area contributed by atoms with Gasteiger partial charge in [0.05, 0.1) is 25.2 Å². The molecule has 0 N–H and O–H groups in total. The van der Waals surface area contributed by atoms with Gasteiger partial charge in [0, 0.05) is 25.4 Å². The van der Waals surface area contributed by atoms with E-state index < -0.39 is 10.0 Å². The molecule has 0 bridgehead atoms. The molecule has 3 heterocycles. The van der Waals surface area contributed by atoms with Gasteiger partial charge in [-0.3, -0.25) is 0 Å².